The lowest BCUT2D eigenvalue weighted by Gasteiger charge is -2.12. The third-order valence-corrected chi connectivity index (χ3v) is 5.43. The zero-order valence-electron chi connectivity index (χ0n) is 19.5. The van der Waals surface area contributed by atoms with E-state index in [0.717, 1.165) is 28.6 Å². The van der Waals surface area contributed by atoms with E-state index in [0.29, 0.717) is 36.0 Å². The maximum Gasteiger partial charge on any atom is 0.324 e. The summed E-state index contributed by atoms with van der Waals surface area (Å²) in [5.74, 6) is 1.44. The number of nitrogens with one attached hydrogen (secondary N) is 2. The summed E-state index contributed by atoms with van der Waals surface area (Å²) in [5, 5.41) is 19.2. The fourth-order valence-corrected chi connectivity index (χ4v) is 3.63. The summed E-state index contributed by atoms with van der Waals surface area (Å²) >= 11 is 0. The predicted octanol–water partition coefficient (Wildman–Crippen LogP) is 4.38. The van der Waals surface area contributed by atoms with E-state index < -0.39 is 6.03 Å². The molecule has 0 bridgehead atoms. The first-order chi connectivity index (χ1) is 16.3. The number of nitrogens with two attached hydrogens (primary N) is 1. The number of rotatable bonds is 7. The number of benzene rings is 1. The zero-order chi connectivity index (χ0) is 24.3. The highest BCUT2D eigenvalue weighted by Gasteiger charge is 2.20. The Bertz CT molecular complexity index is 1290. The molecule has 0 aliphatic carbocycles. The molecule has 0 spiro atoms. The van der Waals surface area contributed by atoms with Gasteiger partial charge < -0.3 is 25.2 Å². The Balaban J connectivity index is 1.50. The van der Waals surface area contributed by atoms with Gasteiger partial charge >= 0.3 is 6.03 Å². The van der Waals surface area contributed by atoms with Gasteiger partial charge in [-0.15, -0.1) is 0 Å². The molecule has 0 saturated carbocycles. The lowest BCUT2D eigenvalue weighted by atomic mass is 9.93. The fraction of sp³-hybridized carbons (Fsp3) is 0.333. The standard InChI is InChI=1S/C24H29N7O3/c1-24(2,3)18-12-19(30-34-18)29-23(33)28-16-8-6-15(7-9-16)17-13-31(10-4-5-11-32)22-20(17)21(25)26-14-27-22/h6-9,12-14,32H,4-5,10-11H2,1-3H3,(H2,25,26,27)(H2,28,29,30,33). The second-order valence-electron chi connectivity index (χ2n) is 9.11. The largest absolute Gasteiger partial charge is 0.396 e. The average molecular weight is 464 g/mol. The van der Waals surface area contributed by atoms with Crippen LogP contribution < -0.4 is 16.4 Å². The van der Waals surface area contributed by atoms with Crippen molar-refractivity contribution in [2.24, 2.45) is 0 Å². The van der Waals surface area contributed by atoms with E-state index in [1.165, 1.54) is 6.33 Å². The molecule has 1 aromatic carbocycles. The molecule has 34 heavy (non-hydrogen) atoms. The van der Waals surface area contributed by atoms with Crippen molar-refractivity contribution in [2.45, 2.75) is 45.6 Å². The molecule has 0 unspecified atom stereocenters. The summed E-state index contributed by atoms with van der Waals surface area (Å²) in [6.07, 6.45) is 4.99. The normalized spacial score (nSPS) is 11.6. The van der Waals surface area contributed by atoms with Gasteiger partial charge in [0.1, 0.15) is 23.6 Å². The van der Waals surface area contributed by atoms with Crippen LogP contribution in [0.1, 0.15) is 39.4 Å². The lowest BCUT2D eigenvalue weighted by molar-refractivity contribution is 0.262. The van der Waals surface area contributed by atoms with Crippen LogP contribution in [0.15, 0.2) is 47.4 Å². The van der Waals surface area contributed by atoms with Gasteiger partial charge in [-0.25, -0.2) is 14.8 Å². The summed E-state index contributed by atoms with van der Waals surface area (Å²) in [6, 6.07) is 8.73. The van der Waals surface area contributed by atoms with Gasteiger partial charge in [0.05, 0.1) is 5.39 Å². The summed E-state index contributed by atoms with van der Waals surface area (Å²) in [7, 11) is 0. The van der Waals surface area contributed by atoms with Crippen LogP contribution in [-0.2, 0) is 12.0 Å². The number of amides is 2. The average Bonchev–Trinajstić information content (AvgIpc) is 3.40. The van der Waals surface area contributed by atoms with Crippen molar-refractivity contribution < 1.29 is 14.4 Å². The minimum Gasteiger partial charge on any atom is -0.396 e. The number of carbonyl (C=O) groups excluding carboxylic acids is 1. The van der Waals surface area contributed by atoms with E-state index in [1.807, 2.05) is 55.8 Å². The van der Waals surface area contributed by atoms with Crippen molar-refractivity contribution in [3.8, 4) is 11.1 Å². The smallest absolute Gasteiger partial charge is 0.324 e. The first-order valence-electron chi connectivity index (χ1n) is 11.1. The van der Waals surface area contributed by atoms with Crippen molar-refractivity contribution in [1.82, 2.24) is 19.7 Å². The summed E-state index contributed by atoms with van der Waals surface area (Å²) in [6.45, 7) is 6.88. The van der Waals surface area contributed by atoms with Gasteiger partial charge in [0.2, 0.25) is 0 Å². The summed E-state index contributed by atoms with van der Waals surface area (Å²) < 4.78 is 7.32. The number of aryl methyl sites for hydroxylation is 1. The van der Waals surface area contributed by atoms with Gasteiger partial charge in [0.25, 0.3) is 0 Å². The zero-order valence-corrected chi connectivity index (χ0v) is 19.5. The number of hydrogen-bond donors (Lipinski definition) is 4. The second kappa shape index (κ2) is 9.52. The van der Waals surface area contributed by atoms with E-state index in [9.17, 15) is 4.79 Å². The third-order valence-electron chi connectivity index (χ3n) is 5.43. The number of carbonyl (C=O) groups is 1. The number of hydrogen-bond acceptors (Lipinski definition) is 7. The molecule has 2 amide bonds. The lowest BCUT2D eigenvalue weighted by Crippen LogP contribution is -2.19. The number of urea groups is 1. The van der Waals surface area contributed by atoms with Crippen LogP contribution in [0.4, 0.5) is 22.1 Å². The molecule has 10 nitrogen and oxygen atoms in total. The first kappa shape index (κ1) is 23.2. The molecule has 178 valence electrons. The van der Waals surface area contributed by atoms with Crippen LogP contribution in [0.2, 0.25) is 0 Å². The highest BCUT2D eigenvalue weighted by Crippen LogP contribution is 2.33. The van der Waals surface area contributed by atoms with Crippen LogP contribution in [-0.4, -0.2) is 37.4 Å². The van der Waals surface area contributed by atoms with Crippen molar-refractivity contribution in [2.75, 3.05) is 23.0 Å². The van der Waals surface area contributed by atoms with Crippen molar-refractivity contribution in [1.29, 1.82) is 0 Å². The molecule has 0 aliphatic rings. The van der Waals surface area contributed by atoms with Gasteiger partial charge in [-0.2, -0.15) is 0 Å². The summed E-state index contributed by atoms with van der Waals surface area (Å²) in [4.78, 5) is 20.9. The summed E-state index contributed by atoms with van der Waals surface area (Å²) in [5.41, 5.74) is 9.18. The number of fused-ring (bicyclic) bond motifs is 1. The van der Waals surface area contributed by atoms with E-state index >= 15 is 0 Å². The maximum atomic E-state index is 12.4. The number of nitrogen functional groups attached to an aromatic ring is 1. The molecular formula is C24H29N7O3. The number of aromatic nitrogens is 4. The molecular weight excluding hydrogens is 434 g/mol. The number of nitrogens with zero attached hydrogens (tertiary/aromatic N) is 4. The molecule has 5 N–H and O–H groups in total. The molecule has 10 heteroatoms. The Morgan fingerprint density at radius 3 is 2.59 bits per heavy atom. The van der Waals surface area contributed by atoms with Gasteiger partial charge in [-0.3, -0.25) is 5.32 Å². The molecule has 3 heterocycles. The van der Waals surface area contributed by atoms with Crippen molar-refractivity contribution >= 4 is 34.4 Å². The Morgan fingerprint density at radius 2 is 1.91 bits per heavy atom. The van der Waals surface area contributed by atoms with E-state index in [4.69, 9.17) is 15.4 Å². The number of anilines is 3. The van der Waals surface area contributed by atoms with Gasteiger partial charge in [0, 0.05) is 42.1 Å². The SMILES string of the molecule is CC(C)(C)c1cc(NC(=O)Nc2ccc(-c3cn(CCCCO)c4ncnc(N)c34)cc2)no1. The van der Waals surface area contributed by atoms with Crippen molar-refractivity contribution in [3.05, 3.63) is 48.6 Å². The van der Waals surface area contributed by atoms with E-state index in [2.05, 4.69) is 25.8 Å². The Labute approximate surface area is 197 Å². The van der Waals surface area contributed by atoms with Gasteiger partial charge in [0.15, 0.2) is 5.82 Å². The minimum absolute atomic E-state index is 0.152. The quantitative estimate of drug-likeness (QED) is 0.298. The maximum absolute atomic E-state index is 12.4. The highest BCUT2D eigenvalue weighted by atomic mass is 16.5. The minimum atomic E-state index is -0.417. The Hall–Kier alpha value is -3.92. The molecule has 0 aliphatic heterocycles. The first-order valence-corrected chi connectivity index (χ1v) is 11.1. The topological polar surface area (TPSA) is 144 Å². The second-order valence-corrected chi connectivity index (χ2v) is 9.11. The number of aliphatic hydroxyl groups is 1. The molecule has 0 atom stereocenters. The van der Waals surface area contributed by atoms with E-state index in [1.54, 1.807) is 6.07 Å². The van der Waals surface area contributed by atoms with Crippen molar-refractivity contribution in [3.63, 3.8) is 0 Å². The number of aliphatic hydroxyl groups excluding tert-OH is 1. The predicted molar refractivity (Wildman–Crippen MR) is 132 cm³/mol. The molecule has 0 saturated heterocycles. The Morgan fingerprint density at radius 1 is 1.15 bits per heavy atom. The van der Waals surface area contributed by atoms with Crippen LogP contribution in [0.5, 0.6) is 0 Å². The third kappa shape index (κ3) is 5.01. The van der Waals surface area contributed by atoms with Crippen LogP contribution in [0.25, 0.3) is 22.2 Å². The number of unbranched alkanes of at least 4 members (excludes halogenated alkanes) is 1. The molecule has 4 rings (SSSR count). The van der Waals surface area contributed by atoms with Gasteiger partial charge in [-0.05, 0) is 30.5 Å². The Kier molecular flexibility index (Phi) is 6.51. The van der Waals surface area contributed by atoms with Crippen LogP contribution in [0, 0.1) is 0 Å². The molecule has 0 fully saturated rings. The molecule has 3 aromatic heterocycles. The molecule has 0 radical (unpaired) electrons. The molecule has 4 aromatic rings. The monoisotopic (exact) mass is 463 g/mol. The van der Waals surface area contributed by atoms with E-state index in [-0.39, 0.29) is 12.0 Å². The van der Waals surface area contributed by atoms with Crippen LogP contribution >= 0.6 is 0 Å². The fourth-order valence-electron chi connectivity index (χ4n) is 3.63. The highest BCUT2D eigenvalue weighted by molar-refractivity contribution is 6.02. The van der Waals surface area contributed by atoms with Gasteiger partial charge in [-0.1, -0.05) is 38.1 Å². The van der Waals surface area contributed by atoms with Crippen LogP contribution in [0.3, 0.4) is 0 Å².